The second-order valence-electron chi connectivity index (χ2n) is 6.23. The van der Waals surface area contributed by atoms with E-state index in [2.05, 4.69) is 31.6 Å². The van der Waals surface area contributed by atoms with Crippen molar-refractivity contribution in [1.29, 1.82) is 0 Å². The van der Waals surface area contributed by atoms with Crippen molar-refractivity contribution in [2.45, 2.75) is 25.8 Å². The highest BCUT2D eigenvalue weighted by Gasteiger charge is 2.27. The van der Waals surface area contributed by atoms with E-state index in [-0.39, 0.29) is 18.6 Å². The van der Waals surface area contributed by atoms with E-state index in [0.29, 0.717) is 29.5 Å². The number of hydrogen-bond donors (Lipinski definition) is 1. The monoisotopic (exact) mass is 446 g/mol. The maximum Gasteiger partial charge on any atom is 0.274 e. The number of rotatable bonds is 4. The number of hydrogen-bond acceptors (Lipinski definition) is 4. The lowest BCUT2D eigenvalue weighted by molar-refractivity contribution is -0.00176. The highest BCUT2D eigenvalue weighted by atomic mass is 79.9. The fourth-order valence-corrected chi connectivity index (χ4v) is 3.33. The van der Waals surface area contributed by atoms with Crippen LogP contribution in [-0.2, 0) is 24.4 Å². The molecule has 2 heterocycles. The summed E-state index contributed by atoms with van der Waals surface area (Å²) in [6, 6.07) is 15.3. The topological polar surface area (TPSA) is 69.0 Å². The predicted octanol–water partition coefficient (Wildman–Crippen LogP) is 3.90. The van der Waals surface area contributed by atoms with Crippen molar-refractivity contribution in [2.24, 2.45) is 0 Å². The number of ether oxygens (including phenoxy) is 1. The van der Waals surface area contributed by atoms with Crippen LogP contribution in [0.4, 0.5) is 0 Å². The molecule has 27 heavy (non-hydrogen) atoms. The van der Waals surface area contributed by atoms with Gasteiger partial charge in [0.25, 0.3) is 5.91 Å². The van der Waals surface area contributed by atoms with Crippen molar-refractivity contribution in [3.05, 3.63) is 80.5 Å². The van der Waals surface area contributed by atoms with E-state index in [9.17, 15) is 4.79 Å². The van der Waals surface area contributed by atoms with Gasteiger partial charge in [-0.3, -0.25) is 4.79 Å². The number of carbonyl (C=O) groups is 1. The number of halogens is 2. The Kier molecular flexibility index (Phi) is 5.24. The Morgan fingerprint density at radius 1 is 1.22 bits per heavy atom. The molecule has 1 atom stereocenters. The van der Waals surface area contributed by atoms with E-state index in [0.717, 1.165) is 15.6 Å². The van der Waals surface area contributed by atoms with E-state index in [4.69, 9.17) is 16.3 Å². The molecule has 3 aromatic rings. The Morgan fingerprint density at radius 2 is 1.96 bits per heavy atom. The molecule has 4 rings (SSSR count). The molecule has 8 heteroatoms. The molecular weight excluding hydrogens is 432 g/mol. The van der Waals surface area contributed by atoms with Crippen molar-refractivity contribution in [2.75, 3.05) is 0 Å². The first kappa shape index (κ1) is 18.2. The molecule has 1 amide bonds. The van der Waals surface area contributed by atoms with Crippen LogP contribution >= 0.6 is 27.5 Å². The summed E-state index contributed by atoms with van der Waals surface area (Å²) in [4.78, 5) is 12.5. The highest BCUT2D eigenvalue weighted by molar-refractivity contribution is 9.10. The Labute approximate surface area is 169 Å². The molecule has 0 saturated heterocycles. The lowest BCUT2D eigenvalue weighted by atomic mass is 10.1. The smallest absolute Gasteiger partial charge is 0.274 e. The first-order valence-corrected chi connectivity index (χ1v) is 9.59. The van der Waals surface area contributed by atoms with E-state index < -0.39 is 0 Å². The van der Waals surface area contributed by atoms with Gasteiger partial charge in [-0.25, -0.2) is 4.68 Å². The molecule has 138 valence electrons. The van der Waals surface area contributed by atoms with Crippen LogP contribution in [0.2, 0.25) is 5.02 Å². The van der Waals surface area contributed by atoms with Crippen molar-refractivity contribution in [3.63, 3.8) is 0 Å². The molecule has 1 aromatic heterocycles. The number of nitrogens with one attached hydrogen (secondary N) is 1. The zero-order valence-corrected chi connectivity index (χ0v) is 16.6. The standard InChI is InChI=1S/C19H16BrClN4O2/c20-14-5-1-12(2-6-14)9-22-19(26)18-16-11-27-17(10-25(16)24-23-18)13-3-7-15(21)8-4-13/h1-8,17H,9-11H2,(H,22,26)/t17-/m1/s1. The molecule has 6 nitrogen and oxygen atoms in total. The molecule has 0 spiro atoms. The number of benzene rings is 2. The lowest BCUT2D eigenvalue weighted by Gasteiger charge is -2.24. The van der Waals surface area contributed by atoms with Crippen LogP contribution in [0.15, 0.2) is 53.0 Å². The van der Waals surface area contributed by atoms with Crippen molar-refractivity contribution in [3.8, 4) is 0 Å². The quantitative estimate of drug-likeness (QED) is 0.659. The van der Waals surface area contributed by atoms with Gasteiger partial charge in [0.2, 0.25) is 0 Å². The van der Waals surface area contributed by atoms with Gasteiger partial charge >= 0.3 is 0 Å². The van der Waals surface area contributed by atoms with Crippen molar-refractivity contribution < 1.29 is 9.53 Å². The normalized spacial score (nSPS) is 16.0. The third kappa shape index (κ3) is 4.05. The minimum Gasteiger partial charge on any atom is -0.365 e. The molecule has 0 unspecified atom stereocenters. The summed E-state index contributed by atoms with van der Waals surface area (Å²) < 4.78 is 8.66. The molecular formula is C19H16BrClN4O2. The molecule has 0 saturated carbocycles. The van der Waals surface area contributed by atoms with E-state index >= 15 is 0 Å². The third-order valence-corrected chi connectivity index (χ3v) is 5.20. The maximum atomic E-state index is 12.5. The number of carbonyl (C=O) groups excluding carboxylic acids is 1. The molecule has 0 aliphatic carbocycles. The van der Waals surface area contributed by atoms with Crippen LogP contribution in [0.5, 0.6) is 0 Å². The second-order valence-corrected chi connectivity index (χ2v) is 7.58. The van der Waals surface area contributed by atoms with E-state index in [1.54, 1.807) is 4.68 Å². The van der Waals surface area contributed by atoms with Gasteiger partial charge in [-0.2, -0.15) is 0 Å². The van der Waals surface area contributed by atoms with Crippen LogP contribution in [0.1, 0.15) is 33.4 Å². The summed E-state index contributed by atoms with van der Waals surface area (Å²) in [5, 5.41) is 11.8. The SMILES string of the molecule is O=C(NCc1ccc(Br)cc1)c1nnn2c1CO[C@@H](c1ccc(Cl)cc1)C2. The number of nitrogens with zero attached hydrogens (tertiary/aromatic N) is 3. The van der Waals surface area contributed by atoms with Crippen LogP contribution in [-0.4, -0.2) is 20.9 Å². The minimum atomic E-state index is -0.257. The van der Waals surface area contributed by atoms with Gasteiger partial charge in [-0.15, -0.1) is 5.10 Å². The Morgan fingerprint density at radius 3 is 2.70 bits per heavy atom. The number of aromatic nitrogens is 3. The highest BCUT2D eigenvalue weighted by Crippen LogP contribution is 2.27. The zero-order chi connectivity index (χ0) is 18.8. The Bertz CT molecular complexity index is 957. The van der Waals surface area contributed by atoms with Gasteiger partial charge in [0.1, 0.15) is 6.10 Å². The van der Waals surface area contributed by atoms with Crippen LogP contribution < -0.4 is 5.32 Å². The van der Waals surface area contributed by atoms with Crippen LogP contribution in [0.3, 0.4) is 0 Å². The van der Waals surface area contributed by atoms with Crippen LogP contribution in [0.25, 0.3) is 0 Å². The summed E-state index contributed by atoms with van der Waals surface area (Å²) in [6.45, 7) is 1.21. The molecule has 0 radical (unpaired) electrons. The predicted molar refractivity (Wildman–Crippen MR) is 104 cm³/mol. The summed E-state index contributed by atoms with van der Waals surface area (Å²) in [7, 11) is 0. The first-order valence-electron chi connectivity index (χ1n) is 8.42. The van der Waals surface area contributed by atoms with Gasteiger partial charge in [0.05, 0.1) is 18.8 Å². The first-order chi connectivity index (χ1) is 13.1. The van der Waals surface area contributed by atoms with Crippen LogP contribution in [0, 0.1) is 0 Å². The summed E-state index contributed by atoms with van der Waals surface area (Å²) in [5.74, 6) is -0.257. The maximum absolute atomic E-state index is 12.5. The van der Waals surface area contributed by atoms with Gasteiger partial charge in [-0.1, -0.05) is 57.0 Å². The second kappa shape index (κ2) is 7.80. The Balaban J connectivity index is 1.43. The molecule has 0 fully saturated rings. The average molecular weight is 448 g/mol. The summed E-state index contributed by atoms with van der Waals surface area (Å²) >= 11 is 9.33. The molecule has 0 bridgehead atoms. The van der Waals surface area contributed by atoms with E-state index in [1.165, 1.54) is 0 Å². The third-order valence-electron chi connectivity index (χ3n) is 4.42. The molecule has 1 aliphatic rings. The van der Waals surface area contributed by atoms with Gasteiger partial charge < -0.3 is 10.1 Å². The fraction of sp³-hybridized carbons (Fsp3) is 0.211. The number of amides is 1. The van der Waals surface area contributed by atoms with Gasteiger partial charge in [0.15, 0.2) is 5.69 Å². The summed E-state index contributed by atoms with van der Waals surface area (Å²) in [6.07, 6.45) is -0.143. The number of fused-ring (bicyclic) bond motifs is 1. The van der Waals surface area contributed by atoms with Gasteiger partial charge in [-0.05, 0) is 35.4 Å². The van der Waals surface area contributed by atoms with E-state index in [1.807, 2.05) is 48.5 Å². The van der Waals surface area contributed by atoms with Crippen molar-refractivity contribution >= 4 is 33.4 Å². The summed E-state index contributed by atoms with van der Waals surface area (Å²) in [5.41, 5.74) is 3.02. The largest absolute Gasteiger partial charge is 0.365 e. The Hall–Kier alpha value is -2.22. The zero-order valence-electron chi connectivity index (χ0n) is 14.2. The minimum absolute atomic E-state index is 0.143. The van der Waals surface area contributed by atoms with Gasteiger partial charge in [0, 0.05) is 16.0 Å². The fourth-order valence-electron chi connectivity index (χ4n) is 2.94. The molecule has 1 N–H and O–H groups in total. The lowest BCUT2D eigenvalue weighted by Crippen LogP contribution is -2.27. The molecule has 2 aromatic carbocycles. The molecule has 1 aliphatic heterocycles. The van der Waals surface area contributed by atoms with Crippen molar-refractivity contribution in [1.82, 2.24) is 20.3 Å². The average Bonchev–Trinajstić information content (AvgIpc) is 3.11.